The third kappa shape index (κ3) is 3.24. The molecule has 3 rings (SSSR count). The van der Waals surface area contributed by atoms with Gasteiger partial charge in [0, 0.05) is 36.8 Å². The van der Waals surface area contributed by atoms with Gasteiger partial charge in [0.15, 0.2) is 0 Å². The van der Waals surface area contributed by atoms with E-state index in [0.29, 0.717) is 6.04 Å². The van der Waals surface area contributed by atoms with E-state index in [2.05, 4.69) is 17.3 Å². The van der Waals surface area contributed by atoms with Gasteiger partial charge >= 0.3 is 0 Å². The fourth-order valence-electron chi connectivity index (χ4n) is 3.78. The molecule has 0 aliphatic carbocycles. The maximum atomic E-state index is 10.6. The Morgan fingerprint density at radius 1 is 1.24 bits per heavy atom. The number of nitrogens with one attached hydrogen (secondary N) is 1. The Labute approximate surface area is 125 Å². The summed E-state index contributed by atoms with van der Waals surface area (Å²) in [6.07, 6.45) is 6.46. The molecular weight excluding hydrogens is 266 g/mol. The predicted molar refractivity (Wildman–Crippen MR) is 82.1 cm³/mol. The first-order chi connectivity index (χ1) is 10.1. The van der Waals surface area contributed by atoms with Gasteiger partial charge in [-0.25, -0.2) is 0 Å². The Morgan fingerprint density at radius 3 is 2.43 bits per heavy atom. The minimum absolute atomic E-state index is 0.160. The third-order valence-electron chi connectivity index (χ3n) is 5.08. The average Bonchev–Trinajstić information content (AvgIpc) is 2.46. The van der Waals surface area contributed by atoms with Crippen LogP contribution in [0.1, 0.15) is 37.7 Å². The van der Waals surface area contributed by atoms with Gasteiger partial charge in [0.05, 0.1) is 4.92 Å². The largest absolute Gasteiger partial charge is 0.310 e. The van der Waals surface area contributed by atoms with Gasteiger partial charge in [0.1, 0.15) is 0 Å². The maximum Gasteiger partial charge on any atom is 0.269 e. The number of rotatable bonds is 4. The molecule has 2 bridgehead atoms. The Balaban J connectivity index is 1.54. The van der Waals surface area contributed by atoms with Crippen molar-refractivity contribution in [1.29, 1.82) is 0 Å². The fourth-order valence-corrected chi connectivity index (χ4v) is 3.78. The lowest BCUT2D eigenvalue weighted by Gasteiger charge is -2.47. The lowest BCUT2D eigenvalue weighted by molar-refractivity contribution is -0.384. The number of nitrogens with zero attached hydrogens (tertiary/aromatic N) is 2. The highest BCUT2D eigenvalue weighted by atomic mass is 16.6. The number of non-ortho nitro benzene ring substituents is 1. The lowest BCUT2D eigenvalue weighted by atomic mass is 9.82. The van der Waals surface area contributed by atoms with Gasteiger partial charge in [-0.3, -0.25) is 10.1 Å². The van der Waals surface area contributed by atoms with E-state index >= 15 is 0 Å². The first-order valence-electron chi connectivity index (χ1n) is 7.82. The highest BCUT2D eigenvalue weighted by molar-refractivity contribution is 5.32. The van der Waals surface area contributed by atoms with Crippen LogP contribution in [-0.4, -0.2) is 35.0 Å². The van der Waals surface area contributed by atoms with Crippen molar-refractivity contribution < 1.29 is 4.92 Å². The van der Waals surface area contributed by atoms with Crippen LogP contribution < -0.4 is 5.32 Å². The molecule has 1 aromatic rings. The first-order valence-corrected chi connectivity index (χ1v) is 7.82. The van der Waals surface area contributed by atoms with Crippen molar-refractivity contribution in [3.05, 3.63) is 39.9 Å². The number of hydrogen-bond acceptors (Lipinski definition) is 4. The molecule has 2 aliphatic rings. The molecule has 2 fully saturated rings. The van der Waals surface area contributed by atoms with E-state index in [9.17, 15) is 10.1 Å². The van der Waals surface area contributed by atoms with Crippen LogP contribution in [0.2, 0.25) is 0 Å². The number of nitro benzene ring substituents is 1. The Morgan fingerprint density at radius 2 is 1.86 bits per heavy atom. The summed E-state index contributed by atoms with van der Waals surface area (Å²) < 4.78 is 0. The van der Waals surface area contributed by atoms with E-state index in [0.717, 1.165) is 24.2 Å². The molecule has 0 aromatic heterocycles. The Hall–Kier alpha value is -1.46. The van der Waals surface area contributed by atoms with Gasteiger partial charge in [-0.05, 0) is 38.3 Å². The van der Waals surface area contributed by atoms with Crippen LogP contribution in [0.15, 0.2) is 24.3 Å². The second-order valence-corrected chi connectivity index (χ2v) is 6.38. The molecule has 2 atom stereocenters. The summed E-state index contributed by atoms with van der Waals surface area (Å²) in [5.41, 5.74) is 1.28. The molecule has 0 radical (unpaired) electrons. The van der Waals surface area contributed by atoms with Gasteiger partial charge in [-0.15, -0.1) is 0 Å². The van der Waals surface area contributed by atoms with Crippen molar-refractivity contribution in [2.45, 2.75) is 56.8 Å². The molecule has 5 heteroatoms. The van der Waals surface area contributed by atoms with Crippen LogP contribution in [0.5, 0.6) is 0 Å². The fraction of sp³-hybridized carbons (Fsp3) is 0.625. The average molecular weight is 289 g/mol. The van der Waals surface area contributed by atoms with E-state index < -0.39 is 0 Å². The van der Waals surface area contributed by atoms with Gasteiger partial charge in [-0.2, -0.15) is 0 Å². The van der Waals surface area contributed by atoms with Crippen LogP contribution >= 0.6 is 0 Å². The van der Waals surface area contributed by atoms with Crippen LogP contribution in [0.3, 0.4) is 0 Å². The van der Waals surface area contributed by atoms with Crippen LogP contribution in [0.25, 0.3) is 0 Å². The molecule has 5 nitrogen and oxygen atoms in total. The summed E-state index contributed by atoms with van der Waals surface area (Å²) in [4.78, 5) is 12.9. The van der Waals surface area contributed by atoms with Crippen LogP contribution in [0, 0.1) is 10.1 Å². The van der Waals surface area contributed by atoms with Crippen molar-refractivity contribution in [2.75, 3.05) is 7.05 Å². The summed E-state index contributed by atoms with van der Waals surface area (Å²) in [7, 11) is 2.26. The summed E-state index contributed by atoms with van der Waals surface area (Å²) in [6.45, 7) is 0.797. The monoisotopic (exact) mass is 289 g/mol. The Bertz CT molecular complexity index is 489. The highest BCUT2D eigenvalue weighted by Crippen LogP contribution is 2.32. The molecule has 0 spiro atoms. The van der Waals surface area contributed by atoms with Gasteiger partial charge in [-0.1, -0.05) is 18.6 Å². The molecule has 2 saturated heterocycles. The molecular formula is C16H23N3O2. The highest BCUT2D eigenvalue weighted by Gasteiger charge is 2.35. The summed E-state index contributed by atoms with van der Waals surface area (Å²) >= 11 is 0. The number of nitro groups is 1. The van der Waals surface area contributed by atoms with Crippen molar-refractivity contribution in [1.82, 2.24) is 10.2 Å². The minimum Gasteiger partial charge on any atom is -0.310 e. The first kappa shape index (κ1) is 14.5. The topological polar surface area (TPSA) is 58.4 Å². The standard InChI is InChI=1S/C16H23N3O2/c1-18-15-3-2-4-16(18)10-13(9-15)17-11-12-5-7-14(8-6-12)19(20)21/h5-8,13,15-17H,2-4,9-11H2,1H3. The van der Waals surface area contributed by atoms with Gasteiger partial charge in [0.2, 0.25) is 0 Å². The van der Waals surface area contributed by atoms with E-state index in [1.165, 1.54) is 32.1 Å². The van der Waals surface area contributed by atoms with E-state index in [-0.39, 0.29) is 10.6 Å². The van der Waals surface area contributed by atoms with E-state index in [1.807, 2.05) is 12.1 Å². The molecule has 21 heavy (non-hydrogen) atoms. The molecule has 2 unspecified atom stereocenters. The van der Waals surface area contributed by atoms with Crippen molar-refractivity contribution >= 4 is 5.69 Å². The number of fused-ring (bicyclic) bond motifs is 2. The summed E-state index contributed by atoms with van der Waals surface area (Å²) in [5, 5.41) is 14.3. The minimum atomic E-state index is -0.352. The molecule has 114 valence electrons. The molecule has 0 amide bonds. The zero-order valence-corrected chi connectivity index (χ0v) is 12.5. The zero-order valence-electron chi connectivity index (χ0n) is 12.5. The third-order valence-corrected chi connectivity index (χ3v) is 5.08. The van der Waals surface area contributed by atoms with Gasteiger partial charge in [0.25, 0.3) is 5.69 Å². The maximum absolute atomic E-state index is 10.6. The number of piperidine rings is 2. The predicted octanol–water partition coefficient (Wildman–Crippen LogP) is 2.70. The van der Waals surface area contributed by atoms with Crippen LogP contribution in [-0.2, 0) is 6.54 Å². The number of benzene rings is 1. The van der Waals surface area contributed by atoms with Gasteiger partial charge < -0.3 is 10.2 Å². The number of hydrogen-bond donors (Lipinski definition) is 1. The quantitative estimate of drug-likeness (QED) is 0.684. The smallest absolute Gasteiger partial charge is 0.269 e. The molecule has 1 aromatic carbocycles. The van der Waals surface area contributed by atoms with Crippen molar-refractivity contribution in [2.24, 2.45) is 0 Å². The SMILES string of the molecule is CN1C2CCCC1CC(NCc1ccc([N+](=O)[O-])cc1)C2. The molecule has 2 heterocycles. The zero-order chi connectivity index (χ0) is 14.8. The molecule has 2 aliphatic heterocycles. The Kier molecular flexibility index (Phi) is 4.22. The van der Waals surface area contributed by atoms with Crippen molar-refractivity contribution in [3.63, 3.8) is 0 Å². The second-order valence-electron chi connectivity index (χ2n) is 6.38. The lowest BCUT2D eigenvalue weighted by Crippen LogP contribution is -2.54. The molecule has 0 saturated carbocycles. The van der Waals surface area contributed by atoms with E-state index in [4.69, 9.17) is 0 Å². The summed E-state index contributed by atoms with van der Waals surface area (Å²) in [5.74, 6) is 0. The van der Waals surface area contributed by atoms with E-state index in [1.54, 1.807) is 12.1 Å². The second kappa shape index (κ2) is 6.12. The molecule has 1 N–H and O–H groups in total. The normalized spacial score (nSPS) is 29.3. The van der Waals surface area contributed by atoms with Crippen LogP contribution in [0.4, 0.5) is 5.69 Å². The summed E-state index contributed by atoms with van der Waals surface area (Å²) in [6, 6.07) is 8.90. The van der Waals surface area contributed by atoms with Crippen molar-refractivity contribution in [3.8, 4) is 0 Å².